The molecule has 1 aromatic heterocycles. The number of amides is 1. The van der Waals surface area contributed by atoms with E-state index in [2.05, 4.69) is 22.5 Å². The fourth-order valence-electron chi connectivity index (χ4n) is 2.06. The lowest BCUT2D eigenvalue weighted by Crippen LogP contribution is -2.42. The molecule has 3 rings (SSSR count). The third kappa shape index (κ3) is 3.83. The minimum absolute atomic E-state index is 0. The summed E-state index contributed by atoms with van der Waals surface area (Å²) in [4.78, 5) is 11.7. The van der Waals surface area contributed by atoms with Crippen molar-refractivity contribution >= 4 is 18.3 Å². The normalized spacial score (nSPS) is 15.1. The van der Waals surface area contributed by atoms with Crippen LogP contribution in [0.5, 0.6) is 0 Å². The molecule has 3 N–H and O–H groups in total. The Morgan fingerprint density at radius 2 is 1.95 bits per heavy atom. The van der Waals surface area contributed by atoms with Gasteiger partial charge in [-0.2, -0.15) is 5.10 Å². The smallest absolute Gasteiger partial charge is 0.240 e. The van der Waals surface area contributed by atoms with E-state index in [1.807, 2.05) is 29.1 Å². The van der Waals surface area contributed by atoms with Crippen LogP contribution in [0.2, 0.25) is 0 Å². The number of aromatic nitrogens is 2. The van der Waals surface area contributed by atoms with Crippen LogP contribution in [0.3, 0.4) is 0 Å². The fraction of sp³-hybridized carbons (Fsp3) is 0.333. The van der Waals surface area contributed by atoms with Crippen molar-refractivity contribution in [1.82, 2.24) is 15.1 Å². The fourth-order valence-corrected chi connectivity index (χ4v) is 2.06. The second kappa shape index (κ2) is 6.28. The maximum absolute atomic E-state index is 11.7. The van der Waals surface area contributed by atoms with E-state index >= 15 is 0 Å². The summed E-state index contributed by atoms with van der Waals surface area (Å²) < 4.78 is 1.88. The predicted molar refractivity (Wildman–Crippen MR) is 83.0 cm³/mol. The second-order valence-corrected chi connectivity index (χ2v) is 5.36. The Hall–Kier alpha value is -1.85. The molecule has 0 aliphatic heterocycles. The van der Waals surface area contributed by atoms with Crippen molar-refractivity contribution in [2.75, 3.05) is 0 Å². The van der Waals surface area contributed by atoms with Crippen molar-refractivity contribution in [3.05, 3.63) is 53.9 Å². The van der Waals surface area contributed by atoms with E-state index in [1.165, 1.54) is 5.56 Å². The van der Waals surface area contributed by atoms with Crippen LogP contribution >= 0.6 is 12.4 Å². The third-order valence-electron chi connectivity index (χ3n) is 3.62. The zero-order chi connectivity index (χ0) is 14.0. The van der Waals surface area contributed by atoms with Gasteiger partial charge in [0.2, 0.25) is 5.91 Å². The van der Waals surface area contributed by atoms with E-state index in [9.17, 15) is 4.79 Å². The average Bonchev–Trinajstić information content (AvgIpc) is 3.01. The number of nitrogens with one attached hydrogen (secondary N) is 1. The molecule has 21 heavy (non-hydrogen) atoms. The minimum Gasteiger partial charge on any atom is -0.350 e. The number of carbonyl (C=O) groups excluding carboxylic acids is 1. The largest absolute Gasteiger partial charge is 0.350 e. The van der Waals surface area contributed by atoms with E-state index < -0.39 is 5.54 Å². The van der Waals surface area contributed by atoms with Gasteiger partial charge in [-0.05, 0) is 30.0 Å². The van der Waals surface area contributed by atoms with E-state index in [-0.39, 0.29) is 18.3 Å². The van der Waals surface area contributed by atoms with Crippen LogP contribution in [-0.2, 0) is 17.9 Å². The van der Waals surface area contributed by atoms with Gasteiger partial charge in [-0.1, -0.05) is 24.3 Å². The van der Waals surface area contributed by atoms with Gasteiger partial charge in [-0.3, -0.25) is 9.48 Å². The zero-order valence-electron chi connectivity index (χ0n) is 11.7. The Kier molecular flexibility index (Phi) is 4.65. The molecule has 0 saturated heterocycles. The molecule has 5 nitrogen and oxygen atoms in total. The average molecular weight is 307 g/mol. The number of hydrogen-bond acceptors (Lipinski definition) is 3. The quantitative estimate of drug-likeness (QED) is 0.878. The molecule has 1 aliphatic rings. The number of nitrogens with zero attached hydrogens (tertiary/aromatic N) is 2. The SMILES string of the molecule is Cl.NC1(C(=O)NCc2ccc(Cn3cccn3)cc2)CC1. The highest BCUT2D eigenvalue weighted by molar-refractivity contribution is 5.88. The summed E-state index contributed by atoms with van der Waals surface area (Å²) in [7, 11) is 0. The lowest BCUT2D eigenvalue weighted by Gasteiger charge is -2.10. The molecule has 0 atom stereocenters. The lowest BCUT2D eigenvalue weighted by molar-refractivity contribution is -0.123. The number of nitrogens with two attached hydrogens (primary N) is 1. The molecule has 0 bridgehead atoms. The van der Waals surface area contributed by atoms with Gasteiger partial charge in [0.05, 0.1) is 12.1 Å². The summed E-state index contributed by atoms with van der Waals surface area (Å²) in [5, 5.41) is 7.06. The standard InChI is InChI=1S/C15H18N4O.ClH/c16-15(6-7-15)14(20)17-10-12-2-4-13(5-3-12)11-19-9-1-8-18-19;/h1-5,8-9H,6-7,10-11,16H2,(H,17,20);1H. The number of hydrogen-bond donors (Lipinski definition) is 2. The van der Waals surface area contributed by atoms with E-state index in [0.717, 1.165) is 24.9 Å². The Balaban J connectivity index is 0.00000161. The van der Waals surface area contributed by atoms with Crippen molar-refractivity contribution < 1.29 is 4.79 Å². The molecule has 1 amide bonds. The Morgan fingerprint density at radius 3 is 2.52 bits per heavy atom. The second-order valence-electron chi connectivity index (χ2n) is 5.36. The molecular weight excluding hydrogens is 288 g/mol. The summed E-state index contributed by atoms with van der Waals surface area (Å²) in [5.41, 5.74) is 7.49. The van der Waals surface area contributed by atoms with Crippen LogP contribution in [-0.4, -0.2) is 21.2 Å². The van der Waals surface area contributed by atoms with Gasteiger partial charge >= 0.3 is 0 Å². The molecular formula is C15H19ClN4O. The molecule has 1 aromatic carbocycles. The Labute approximate surface area is 129 Å². The van der Waals surface area contributed by atoms with Gasteiger partial charge in [-0.25, -0.2) is 0 Å². The monoisotopic (exact) mass is 306 g/mol. The first-order valence-electron chi connectivity index (χ1n) is 6.78. The molecule has 1 saturated carbocycles. The molecule has 1 fully saturated rings. The van der Waals surface area contributed by atoms with Crippen LogP contribution in [0.1, 0.15) is 24.0 Å². The number of rotatable bonds is 5. The van der Waals surface area contributed by atoms with Crippen molar-refractivity contribution in [2.45, 2.75) is 31.5 Å². The Morgan fingerprint density at radius 1 is 1.29 bits per heavy atom. The maximum atomic E-state index is 11.7. The van der Waals surface area contributed by atoms with Gasteiger partial charge in [0, 0.05) is 18.9 Å². The van der Waals surface area contributed by atoms with Crippen molar-refractivity contribution in [3.8, 4) is 0 Å². The number of halogens is 1. The van der Waals surface area contributed by atoms with Gasteiger partial charge in [0.1, 0.15) is 0 Å². The van der Waals surface area contributed by atoms with Gasteiger partial charge < -0.3 is 11.1 Å². The number of carbonyl (C=O) groups is 1. The third-order valence-corrected chi connectivity index (χ3v) is 3.62. The highest BCUT2D eigenvalue weighted by Crippen LogP contribution is 2.32. The van der Waals surface area contributed by atoms with E-state index in [0.29, 0.717) is 6.54 Å². The number of benzene rings is 1. The molecule has 2 aromatic rings. The molecule has 112 valence electrons. The summed E-state index contributed by atoms with van der Waals surface area (Å²) in [6.07, 6.45) is 5.29. The topological polar surface area (TPSA) is 72.9 Å². The van der Waals surface area contributed by atoms with Crippen molar-refractivity contribution in [2.24, 2.45) is 5.73 Å². The molecule has 6 heteroatoms. The zero-order valence-corrected chi connectivity index (χ0v) is 12.5. The van der Waals surface area contributed by atoms with Gasteiger partial charge in [0.15, 0.2) is 0 Å². The van der Waals surface area contributed by atoms with E-state index in [1.54, 1.807) is 6.20 Å². The van der Waals surface area contributed by atoms with Crippen LogP contribution in [0.15, 0.2) is 42.7 Å². The molecule has 0 spiro atoms. The molecule has 1 aliphatic carbocycles. The molecule has 0 radical (unpaired) electrons. The van der Waals surface area contributed by atoms with Crippen molar-refractivity contribution in [3.63, 3.8) is 0 Å². The van der Waals surface area contributed by atoms with Crippen LogP contribution in [0, 0.1) is 0 Å². The van der Waals surface area contributed by atoms with E-state index in [4.69, 9.17) is 5.73 Å². The summed E-state index contributed by atoms with van der Waals surface area (Å²) in [6, 6.07) is 10.1. The Bertz CT molecular complexity index is 591. The van der Waals surface area contributed by atoms with Crippen molar-refractivity contribution in [1.29, 1.82) is 0 Å². The first-order chi connectivity index (χ1) is 9.66. The van der Waals surface area contributed by atoms with Gasteiger partial charge in [0.25, 0.3) is 0 Å². The first-order valence-corrected chi connectivity index (χ1v) is 6.78. The van der Waals surface area contributed by atoms with Gasteiger partial charge in [-0.15, -0.1) is 12.4 Å². The summed E-state index contributed by atoms with van der Waals surface area (Å²) in [5.74, 6) is -0.0434. The molecule has 0 unspecified atom stereocenters. The minimum atomic E-state index is -0.597. The van der Waals surface area contributed by atoms with Crippen LogP contribution < -0.4 is 11.1 Å². The summed E-state index contributed by atoms with van der Waals surface area (Å²) >= 11 is 0. The maximum Gasteiger partial charge on any atom is 0.240 e. The van der Waals surface area contributed by atoms with Crippen LogP contribution in [0.25, 0.3) is 0 Å². The molecule has 1 heterocycles. The highest BCUT2D eigenvalue weighted by Gasteiger charge is 2.45. The summed E-state index contributed by atoms with van der Waals surface area (Å²) in [6.45, 7) is 1.28. The predicted octanol–water partition coefficient (Wildman–Crippen LogP) is 1.46. The first kappa shape index (κ1) is 15.5. The van der Waals surface area contributed by atoms with Crippen LogP contribution in [0.4, 0.5) is 0 Å². The highest BCUT2D eigenvalue weighted by atomic mass is 35.5. The lowest BCUT2D eigenvalue weighted by atomic mass is 10.1.